The first kappa shape index (κ1) is 11.9. The van der Waals surface area contributed by atoms with Crippen LogP contribution >= 0.6 is 0 Å². The number of nitrogens with zero attached hydrogens (tertiary/aromatic N) is 1. The van der Waals surface area contributed by atoms with Crippen molar-refractivity contribution in [1.82, 2.24) is 14.3 Å². The van der Waals surface area contributed by atoms with Crippen LogP contribution in [0.25, 0.3) is 0 Å². The number of rotatable bonds is 3. The summed E-state index contributed by atoms with van der Waals surface area (Å²) in [4.78, 5) is 0. The molecule has 0 bridgehead atoms. The van der Waals surface area contributed by atoms with Crippen molar-refractivity contribution in [2.24, 2.45) is 5.92 Å². The van der Waals surface area contributed by atoms with Gasteiger partial charge >= 0.3 is 0 Å². The number of piperidine rings is 1. The van der Waals surface area contributed by atoms with Crippen LogP contribution in [-0.4, -0.2) is 45.9 Å². The Morgan fingerprint density at radius 1 is 1.43 bits per heavy atom. The lowest BCUT2D eigenvalue weighted by Crippen LogP contribution is -2.52. The average molecular weight is 221 g/mol. The van der Waals surface area contributed by atoms with Crippen LogP contribution in [0.15, 0.2) is 0 Å². The van der Waals surface area contributed by atoms with Gasteiger partial charge in [0.05, 0.1) is 0 Å². The maximum absolute atomic E-state index is 11.5. The Morgan fingerprint density at radius 3 is 2.57 bits per heavy atom. The van der Waals surface area contributed by atoms with E-state index in [1.54, 1.807) is 0 Å². The summed E-state index contributed by atoms with van der Waals surface area (Å²) in [5.41, 5.74) is 0. The van der Waals surface area contributed by atoms with Gasteiger partial charge in [0, 0.05) is 26.7 Å². The first-order valence-electron chi connectivity index (χ1n) is 4.84. The molecule has 1 fully saturated rings. The molecule has 2 unspecified atom stereocenters. The highest BCUT2D eigenvalue weighted by Gasteiger charge is 2.26. The Bertz CT molecular complexity index is 276. The van der Waals surface area contributed by atoms with Gasteiger partial charge in [0.2, 0.25) is 0 Å². The molecule has 5 nitrogen and oxygen atoms in total. The summed E-state index contributed by atoms with van der Waals surface area (Å²) in [6.45, 7) is 3.76. The molecule has 84 valence electrons. The molecule has 1 heterocycles. The van der Waals surface area contributed by atoms with E-state index in [4.69, 9.17) is 0 Å². The maximum Gasteiger partial charge on any atom is 0.279 e. The fourth-order valence-corrected chi connectivity index (χ4v) is 2.35. The van der Waals surface area contributed by atoms with Crippen molar-refractivity contribution in [2.75, 3.05) is 27.2 Å². The minimum absolute atomic E-state index is 0.0103. The van der Waals surface area contributed by atoms with E-state index in [2.05, 4.69) is 17.0 Å². The zero-order chi connectivity index (χ0) is 10.8. The first-order valence-corrected chi connectivity index (χ1v) is 6.28. The predicted octanol–water partition coefficient (Wildman–Crippen LogP) is -0.620. The van der Waals surface area contributed by atoms with Crippen molar-refractivity contribution < 1.29 is 8.42 Å². The van der Waals surface area contributed by atoms with Gasteiger partial charge < -0.3 is 5.32 Å². The summed E-state index contributed by atoms with van der Waals surface area (Å²) in [6.07, 6.45) is 1.01. The molecule has 0 aromatic heterocycles. The summed E-state index contributed by atoms with van der Waals surface area (Å²) in [5, 5.41) is 3.18. The fraction of sp³-hybridized carbons (Fsp3) is 1.00. The van der Waals surface area contributed by atoms with Gasteiger partial charge in [-0.2, -0.15) is 17.4 Å². The van der Waals surface area contributed by atoms with Crippen molar-refractivity contribution in [3.63, 3.8) is 0 Å². The molecule has 1 rings (SSSR count). The second-order valence-corrected chi connectivity index (χ2v) is 5.90. The molecule has 0 aromatic rings. The molecule has 0 aliphatic carbocycles. The van der Waals surface area contributed by atoms with E-state index in [-0.39, 0.29) is 6.04 Å². The third kappa shape index (κ3) is 2.91. The molecule has 1 aliphatic heterocycles. The lowest BCUT2D eigenvalue weighted by Gasteiger charge is -2.30. The van der Waals surface area contributed by atoms with Crippen LogP contribution in [0.3, 0.4) is 0 Å². The molecular formula is C8H19N3O2S. The largest absolute Gasteiger partial charge is 0.315 e. The average Bonchev–Trinajstić information content (AvgIpc) is 2.08. The van der Waals surface area contributed by atoms with Crippen molar-refractivity contribution in [2.45, 2.75) is 19.4 Å². The van der Waals surface area contributed by atoms with Gasteiger partial charge in [0.25, 0.3) is 10.2 Å². The highest BCUT2D eigenvalue weighted by atomic mass is 32.2. The van der Waals surface area contributed by atoms with Gasteiger partial charge in [0.15, 0.2) is 0 Å². The van der Waals surface area contributed by atoms with Gasteiger partial charge in [-0.15, -0.1) is 0 Å². The minimum atomic E-state index is -3.29. The Kier molecular flexibility index (Phi) is 3.88. The van der Waals surface area contributed by atoms with Crippen LogP contribution in [0.5, 0.6) is 0 Å². The summed E-state index contributed by atoms with van der Waals surface area (Å²) in [5.74, 6) is 0.394. The Balaban J connectivity index is 2.58. The second kappa shape index (κ2) is 4.57. The SMILES string of the molecule is CC1CCNCC1NS(=O)(=O)N(C)C. The number of nitrogens with one attached hydrogen (secondary N) is 2. The number of hydrogen-bond acceptors (Lipinski definition) is 3. The van der Waals surface area contributed by atoms with E-state index in [1.165, 1.54) is 18.4 Å². The molecule has 2 N–H and O–H groups in total. The lowest BCUT2D eigenvalue weighted by atomic mass is 9.96. The maximum atomic E-state index is 11.5. The van der Waals surface area contributed by atoms with E-state index in [9.17, 15) is 8.42 Å². The lowest BCUT2D eigenvalue weighted by molar-refractivity contribution is 0.322. The molecule has 0 saturated carbocycles. The number of hydrogen-bond donors (Lipinski definition) is 2. The van der Waals surface area contributed by atoms with Gasteiger partial charge in [-0.05, 0) is 18.9 Å². The zero-order valence-corrected chi connectivity index (χ0v) is 9.76. The zero-order valence-electron chi connectivity index (χ0n) is 8.95. The summed E-state index contributed by atoms with van der Waals surface area (Å²) in [7, 11) is -0.225. The first-order chi connectivity index (χ1) is 6.43. The van der Waals surface area contributed by atoms with E-state index < -0.39 is 10.2 Å². The topological polar surface area (TPSA) is 61.4 Å². The molecule has 1 aliphatic rings. The molecular weight excluding hydrogens is 202 g/mol. The normalized spacial score (nSPS) is 29.4. The molecule has 1 saturated heterocycles. The third-order valence-electron chi connectivity index (χ3n) is 2.61. The van der Waals surface area contributed by atoms with E-state index in [1.807, 2.05) is 0 Å². The van der Waals surface area contributed by atoms with Crippen LogP contribution in [0.1, 0.15) is 13.3 Å². The Labute approximate surface area is 86.0 Å². The highest BCUT2D eigenvalue weighted by Crippen LogP contribution is 2.12. The van der Waals surface area contributed by atoms with Crippen LogP contribution in [0.4, 0.5) is 0 Å². The Hall–Kier alpha value is -0.170. The van der Waals surface area contributed by atoms with Crippen LogP contribution in [-0.2, 0) is 10.2 Å². The molecule has 2 atom stereocenters. The minimum Gasteiger partial charge on any atom is -0.315 e. The monoisotopic (exact) mass is 221 g/mol. The summed E-state index contributed by atoms with van der Waals surface area (Å²) in [6, 6.07) is 0.0103. The van der Waals surface area contributed by atoms with Gasteiger partial charge in [-0.1, -0.05) is 6.92 Å². The molecule has 6 heteroatoms. The third-order valence-corrected chi connectivity index (χ3v) is 4.17. The van der Waals surface area contributed by atoms with Crippen LogP contribution in [0.2, 0.25) is 0 Å². The summed E-state index contributed by atoms with van der Waals surface area (Å²) >= 11 is 0. The predicted molar refractivity (Wildman–Crippen MR) is 56.2 cm³/mol. The molecule has 0 radical (unpaired) electrons. The van der Waals surface area contributed by atoms with Crippen molar-refractivity contribution in [3.05, 3.63) is 0 Å². The van der Waals surface area contributed by atoms with E-state index in [0.717, 1.165) is 13.0 Å². The van der Waals surface area contributed by atoms with E-state index >= 15 is 0 Å². The van der Waals surface area contributed by atoms with Gasteiger partial charge in [-0.3, -0.25) is 0 Å². The van der Waals surface area contributed by atoms with Crippen molar-refractivity contribution in [1.29, 1.82) is 0 Å². The molecule has 0 spiro atoms. The van der Waals surface area contributed by atoms with Crippen molar-refractivity contribution >= 4 is 10.2 Å². The standard InChI is InChI=1S/C8H19N3O2S/c1-7-4-5-9-6-8(7)10-14(12,13)11(2)3/h7-10H,4-6H2,1-3H3. The van der Waals surface area contributed by atoms with Gasteiger partial charge in [0.1, 0.15) is 0 Å². The van der Waals surface area contributed by atoms with Crippen LogP contribution < -0.4 is 10.0 Å². The highest BCUT2D eigenvalue weighted by molar-refractivity contribution is 7.87. The van der Waals surface area contributed by atoms with Gasteiger partial charge in [-0.25, -0.2) is 0 Å². The smallest absolute Gasteiger partial charge is 0.279 e. The quantitative estimate of drug-likeness (QED) is 0.668. The molecule has 0 amide bonds. The van der Waals surface area contributed by atoms with Crippen molar-refractivity contribution in [3.8, 4) is 0 Å². The fourth-order valence-electron chi connectivity index (χ4n) is 1.44. The molecule has 0 aromatic carbocycles. The summed E-state index contributed by atoms with van der Waals surface area (Å²) < 4.78 is 26.9. The Morgan fingerprint density at radius 2 is 2.07 bits per heavy atom. The molecule has 14 heavy (non-hydrogen) atoms. The van der Waals surface area contributed by atoms with E-state index in [0.29, 0.717) is 12.5 Å². The van der Waals surface area contributed by atoms with Crippen LogP contribution in [0, 0.1) is 5.92 Å². The second-order valence-electron chi connectivity index (χ2n) is 3.98.